The van der Waals surface area contributed by atoms with Crippen molar-refractivity contribution >= 4 is 33.3 Å². The Morgan fingerprint density at radius 3 is 2.50 bits per heavy atom. The van der Waals surface area contributed by atoms with Crippen molar-refractivity contribution in [2.24, 2.45) is 0 Å². The second-order valence-corrected chi connectivity index (χ2v) is 8.51. The van der Waals surface area contributed by atoms with E-state index in [0.717, 1.165) is 17.9 Å². The van der Waals surface area contributed by atoms with Crippen molar-refractivity contribution in [1.82, 2.24) is 4.90 Å². The molecule has 0 heterocycles. The largest absolute Gasteiger partial charge is 0.497 e. The Labute approximate surface area is 168 Å². The van der Waals surface area contributed by atoms with Gasteiger partial charge in [0.15, 0.2) is 16.4 Å². The average molecular weight is 426 g/mol. The first kappa shape index (κ1) is 21.7. The van der Waals surface area contributed by atoms with Crippen LogP contribution in [0.25, 0.3) is 0 Å². The maximum absolute atomic E-state index is 12.2. The highest BCUT2D eigenvalue weighted by Gasteiger charge is 2.19. The summed E-state index contributed by atoms with van der Waals surface area (Å²) in [4.78, 5) is 25.8. The lowest BCUT2D eigenvalue weighted by Crippen LogP contribution is -2.30. The summed E-state index contributed by atoms with van der Waals surface area (Å²) in [5.74, 6) is -0.629. The standard InChI is InChI=1S/C19H20ClNO6S/c1-21(11-13-5-4-6-14(9-13)26-2)18(22)12-27-19(23)16-10-15(28(3,24)25)7-8-17(16)20/h4-10H,11-12H2,1-3H3. The number of nitrogens with zero attached hydrogens (tertiary/aromatic N) is 1. The summed E-state index contributed by atoms with van der Waals surface area (Å²) in [6.07, 6.45) is 1.02. The van der Waals surface area contributed by atoms with Gasteiger partial charge in [-0.1, -0.05) is 23.7 Å². The molecule has 7 nitrogen and oxygen atoms in total. The van der Waals surface area contributed by atoms with Crippen LogP contribution in [0, 0.1) is 0 Å². The second-order valence-electron chi connectivity index (χ2n) is 6.09. The SMILES string of the molecule is COc1cccc(CN(C)C(=O)COC(=O)c2cc(S(C)(=O)=O)ccc2Cl)c1. The van der Waals surface area contributed by atoms with Crippen molar-refractivity contribution in [3.8, 4) is 5.75 Å². The number of carbonyl (C=O) groups excluding carboxylic acids is 2. The molecule has 0 atom stereocenters. The Morgan fingerprint density at radius 1 is 1.14 bits per heavy atom. The third kappa shape index (κ3) is 5.71. The van der Waals surface area contributed by atoms with Crippen LogP contribution in [0.1, 0.15) is 15.9 Å². The van der Waals surface area contributed by atoms with Gasteiger partial charge < -0.3 is 14.4 Å². The summed E-state index contributed by atoms with van der Waals surface area (Å²) >= 11 is 5.95. The summed E-state index contributed by atoms with van der Waals surface area (Å²) in [7, 11) is -0.383. The predicted octanol–water partition coefficient (Wildman–Crippen LogP) is 2.57. The molecule has 0 aliphatic carbocycles. The highest BCUT2D eigenvalue weighted by Crippen LogP contribution is 2.21. The molecule has 0 saturated carbocycles. The van der Waals surface area contributed by atoms with E-state index in [4.69, 9.17) is 21.1 Å². The number of ether oxygens (including phenoxy) is 2. The van der Waals surface area contributed by atoms with Gasteiger partial charge in [0.25, 0.3) is 5.91 Å². The topological polar surface area (TPSA) is 90.0 Å². The summed E-state index contributed by atoms with van der Waals surface area (Å²) in [6.45, 7) is -0.198. The first-order valence-corrected chi connectivity index (χ1v) is 10.4. The van der Waals surface area contributed by atoms with Crippen molar-refractivity contribution in [3.05, 3.63) is 58.6 Å². The minimum atomic E-state index is -3.51. The van der Waals surface area contributed by atoms with E-state index in [1.54, 1.807) is 26.3 Å². The third-order valence-corrected chi connectivity index (χ3v) is 5.33. The number of hydrogen-bond acceptors (Lipinski definition) is 6. The molecule has 0 aromatic heterocycles. The van der Waals surface area contributed by atoms with Crippen LogP contribution < -0.4 is 4.74 Å². The molecule has 2 aromatic rings. The lowest BCUT2D eigenvalue weighted by atomic mass is 10.2. The molecule has 0 bridgehead atoms. The number of benzene rings is 2. The number of likely N-dealkylation sites (N-methyl/N-ethyl adjacent to an activating group) is 1. The third-order valence-electron chi connectivity index (χ3n) is 3.89. The van der Waals surface area contributed by atoms with Crippen LogP contribution in [-0.4, -0.2) is 52.2 Å². The molecule has 0 radical (unpaired) electrons. The zero-order valence-corrected chi connectivity index (χ0v) is 17.2. The van der Waals surface area contributed by atoms with Crippen LogP contribution in [0.15, 0.2) is 47.4 Å². The molecule has 9 heteroatoms. The van der Waals surface area contributed by atoms with Gasteiger partial charge in [0.1, 0.15) is 5.75 Å². The van der Waals surface area contributed by atoms with Crippen molar-refractivity contribution in [3.63, 3.8) is 0 Å². The Morgan fingerprint density at radius 2 is 1.86 bits per heavy atom. The molecule has 0 fully saturated rings. The van der Waals surface area contributed by atoms with Crippen molar-refractivity contribution in [1.29, 1.82) is 0 Å². The maximum atomic E-state index is 12.2. The van der Waals surface area contributed by atoms with Crippen LogP contribution >= 0.6 is 11.6 Å². The van der Waals surface area contributed by atoms with Crippen LogP contribution in [0.3, 0.4) is 0 Å². The molecule has 150 valence electrons. The van der Waals surface area contributed by atoms with Crippen LogP contribution in [0.5, 0.6) is 5.75 Å². The first-order valence-electron chi connectivity index (χ1n) is 8.15. The van der Waals surface area contributed by atoms with Gasteiger partial charge in [0, 0.05) is 19.8 Å². The summed E-state index contributed by atoms with van der Waals surface area (Å²) < 4.78 is 33.4. The van der Waals surface area contributed by atoms with Crippen molar-refractivity contribution in [2.45, 2.75) is 11.4 Å². The normalized spacial score (nSPS) is 11.0. The van der Waals surface area contributed by atoms with E-state index in [1.807, 2.05) is 12.1 Å². The number of esters is 1. The molecule has 0 saturated heterocycles. The van der Waals surface area contributed by atoms with Crippen LogP contribution in [-0.2, 0) is 25.9 Å². The second kappa shape index (κ2) is 9.07. The number of hydrogen-bond donors (Lipinski definition) is 0. The molecule has 0 spiro atoms. The zero-order chi connectivity index (χ0) is 20.9. The van der Waals surface area contributed by atoms with Gasteiger partial charge in [0.2, 0.25) is 0 Å². The van der Waals surface area contributed by atoms with Gasteiger partial charge in [-0.15, -0.1) is 0 Å². The number of methoxy groups -OCH3 is 1. The molecule has 0 aliphatic heterocycles. The summed E-state index contributed by atoms with van der Waals surface area (Å²) in [6, 6.07) is 11.0. The number of halogens is 1. The van der Waals surface area contributed by atoms with Crippen LogP contribution in [0.4, 0.5) is 0 Å². The predicted molar refractivity (Wildman–Crippen MR) is 104 cm³/mol. The molecule has 2 rings (SSSR count). The molecule has 0 aliphatic rings. The first-order chi connectivity index (χ1) is 13.1. The van der Waals surface area contributed by atoms with E-state index in [1.165, 1.54) is 17.0 Å². The van der Waals surface area contributed by atoms with E-state index in [0.29, 0.717) is 12.3 Å². The monoisotopic (exact) mass is 425 g/mol. The van der Waals surface area contributed by atoms with Gasteiger partial charge in [-0.05, 0) is 35.9 Å². The van der Waals surface area contributed by atoms with E-state index >= 15 is 0 Å². The fraction of sp³-hybridized carbons (Fsp3) is 0.263. The van der Waals surface area contributed by atoms with Gasteiger partial charge in [-0.2, -0.15) is 0 Å². The molecule has 2 aromatic carbocycles. The van der Waals surface area contributed by atoms with Crippen molar-refractivity contribution in [2.75, 3.05) is 27.0 Å². The van der Waals surface area contributed by atoms with Crippen LogP contribution in [0.2, 0.25) is 5.02 Å². The van der Waals surface area contributed by atoms with E-state index in [9.17, 15) is 18.0 Å². The lowest BCUT2D eigenvalue weighted by Gasteiger charge is -2.17. The molecule has 0 unspecified atom stereocenters. The Kier molecular flexibility index (Phi) is 7.04. The molecule has 0 N–H and O–H groups in total. The minimum Gasteiger partial charge on any atom is -0.497 e. The van der Waals surface area contributed by atoms with Gasteiger partial charge in [0.05, 0.1) is 22.6 Å². The number of amides is 1. The highest BCUT2D eigenvalue weighted by molar-refractivity contribution is 7.90. The molecule has 28 heavy (non-hydrogen) atoms. The molecule has 1 amide bonds. The highest BCUT2D eigenvalue weighted by atomic mass is 35.5. The van der Waals surface area contributed by atoms with Gasteiger partial charge in [-0.3, -0.25) is 4.79 Å². The van der Waals surface area contributed by atoms with E-state index in [-0.39, 0.29) is 15.5 Å². The Bertz CT molecular complexity index is 990. The Balaban J connectivity index is 2.01. The van der Waals surface area contributed by atoms with E-state index < -0.39 is 28.3 Å². The Hall–Kier alpha value is -2.58. The van der Waals surface area contributed by atoms with Gasteiger partial charge >= 0.3 is 5.97 Å². The zero-order valence-electron chi connectivity index (χ0n) is 15.6. The minimum absolute atomic E-state index is 0.0367. The average Bonchev–Trinajstić information content (AvgIpc) is 2.65. The fourth-order valence-corrected chi connectivity index (χ4v) is 3.18. The quantitative estimate of drug-likeness (QED) is 0.633. The summed E-state index contributed by atoms with van der Waals surface area (Å²) in [5, 5.41) is 0.0367. The smallest absolute Gasteiger partial charge is 0.340 e. The maximum Gasteiger partial charge on any atom is 0.340 e. The number of rotatable bonds is 7. The van der Waals surface area contributed by atoms with Crippen molar-refractivity contribution < 1.29 is 27.5 Å². The van der Waals surface area contributed by atoms with Gasteiger partial charge in [-0.25, -0.2) is 13.2 Å². The fourth-order valence-electron chi connectivity index (χ4n) is 2.34. The summed E-state index contributed by atoms with van der Waals surface area (Å²) in [5.41, 5.74) is 0.735. The lowest BCUT2D eigenvalue weighted by molar-refractivity contribution is -0.133. The number of sulfone groups is 1. The van der Waals surface area contributed by atoms with E-state index in [2.05, 4.69) is 0 Å². The number of carbonyl (C=O) groups is 2. The molecular formula is C19H20ClNO6S. The molecular weight excluding hydrogens is 406 g/mol.